The molecule has 0 aliphatic rings. The van der Waals surface area contributed by atoms with E-state index in [1.807, 2.05) is 18.2 Å². The molecule has 1 N–H and O–H groups in total. The zero-order valence-corrected chi connectivity index (χ0v) is 10.4. The van der Waals surface area contributed by atoms with Crippen molar-refractivity contribution in [3.63, 3.8) is 0 Å². The molecule has 0 aliphatic carbocycles. The minimum absolute atomic E-state index is 0.0863. The van der Waals surface area contributed by atoms with E-state index in [1.165, 1.54) is 0 Å². The average Bonchev–Trinajstić information content (AvgIpc) is 2.62. The fourth-order valence-electron chi connectivity index (χ4n) is 1.43. The smallest absolute Gasteiger partial charge is 0.175 e. The van der Waals surface area contributed by atoms with Crippen molar-refractivity contribution in [2.75, 3.05) is 5.33 Å². The third-order valence-electron chi connectivity index (χ3n) is 2.08. The van der Waals surface area contributed by atoms with Gasteiger partial charge in [0.2, 0.25) is 0 Å². The van der Waals surface area contributed by atoms with E-state index >= 15 is 0 Å². The van der Waals surface area contributed by atoms with Gasteiger partial charge in [-0.1, -0.05) is 37.9 Å². The predicted octanol–water partition coefficient (Wildman–Crippen LogP) is 3.51. The number of hydrogen-bond donors (Lipinski definition) is 1. The number of halogens is 2. The van der Waals surface area contributed by atoms with Crippen LogP contribution in [0.25, 0.3) is 10.9 Å². The van der Waals surface area contributed by atoms with E-state index in [0.29, 0.717) is 5.33 Å². The van der Waals surface area contributed by atoms with Crippen LogP contribution in [-0.2, 0) is 0 Å². The van der Waals surface area contributed by atoms with Crippen molar-refractivity contribution in [3.8, 4) is 0 Å². The molecule has 0 amide bonds. The minimum Gasteiger partial charge on any atom is -0.360 e. The van der Waals surface area contributed by atoms with Gasteiger partial charge >= 0.3 is 0 Å². The van der Waals surface area contributed by atoms with Crippen LogP contribution in [0, 0.1) is 0 Å². The van der Waals surface area contributed by atoms with Crippen LogP contribution in [0.2, 0.25) is 0 Å². The molecule has 1 aromatic heterocycles. The van der Waals surface area contributed by atoms with Crippen LogP contribution in [0.15, 0.2) is 28.9 Å². The highest BCUT2D eigenvalue weighted by Gasteiger charge is 2.12. The maximum absolute atomic E-state index is 11.6. The minimum atomic E-state index is 0.0863. The monoisotopic (exact) mass is 315 g/mol. The van der Waals surface area contributed by atoms with Crippen LogP contribution in [-0.4, -0.2) is 16.1 Å². The van der Waals surface area contributed by atoms with E-state index in [4.69, 9.17) is 0 Å². The molecule has 2 aromatic rings. The number of ketones is 1. The fraction of sp³-hybridized carbons (Fsp3) is 0.100. The van der Waals surface area contributed by atoms with Crippen molar-refractivity contribution in [2.45, 2.75) is 0 Å². The fourth-order valence-corrected chi connectivity index (χ4v) is 2.31. The Bertz CT molecular complexity index is 490. The molecule has 1 aromatic carbocycles. The second-order valence-corrected chi connectivity index (χ2v) is 4.34. The number of alkyl halides is 1. The Balaban J connectivity index is 2.73. The summed E-state index contributed by atoms with van der Waals surface area (Å²) in [5.41, 5.74) is 1.70. The number of hydrogen-bond acceptors (Lipinski definition) is 1. The molecule has 1 heterocycles. The van der Waals surface area contributed by atoms with Gasteiger partial charge in [-0.2, -0.15) is 0 Å². The number of H-pyrrole nitrogens is 1. The van der Waals surface area contributed by atoms with Crippen LogP contribution in [0.4, 0.5) is 0 Å². The van der Waals surface area contributed by atoms with E-state index in [2.05, 4.69) is 36.8 Å². The van der Waals surface area contributed by atoms with Gasteiger partial charge in [0.05, 0.1) is 5.33 Å². The standard InChI is InChI=1S/C10H7Br2NO/c11-4-9(14)6-5-13-8-3-1-2-7(12)10(6)8/h1-3,5,13H,4H2. The van der Waals surface area contributed by atoms with Crippen molar-refractivity contribution in [3.05, 3.63) is 34.4 Å². The summed E-state index contributed by atoms with van der Waals surface area (Å²) < 4.78 is 0.945. The Labute approximate surface area is 97.9 Å². The van der Waals surface area contributed by atoms with Crippen molar-refractivity contribution in [1.29, 1.82) is 0 Å². The van der Waals surface area contributed by atoms with Crippen molar-refractivity contribution >= 4 is 48.5 Å². The number of aromatic amines is 1. The van der Waals surface area contributed by atoms with Gasteiger partial charge in [0.25, 0.3) is 0 Å². The lowest BCUT2D eigenvalue weighted by atomic mass is 10.1. The Morgan fingerprint density at radius 2 is 2.21 bits per heavy atom. The molecule has 14 heavy (non-hydrogen) atoms. The van der Waals surface area contributed by atoms with Crippen molar-refractivity contribution in [2.24, 2.45) is 0 Å². The maximum Gasteiger partial charge on any atom is 0.175 e. The highest BCUT2D eigenvalue weighted by molar-refractivity contribution is 9.10. The zero-order valence-electron chi connectivity index (χ0n) is 7.18. The summed E-state index contributed by atoms with van der Waals surface area (Å²) in [6, 6.07) is 5.82. The normalized spacial score (nSPS) is 10.7. The third-order valence-corrected chi connectivity index (χ3v) is 3.25. The van der Waals surface area contributed by atoms with E-state index in [-0.39, 0.29) is 5.78 Å². The number of benzene rings is 1. The first-order valence-electron chi connectivity index (χ1n) is 4.09. The number of nitrogens with one attached hydrogen (secondary N) is 1. The maximum atomic E-state index is 11.6. The highest BCUT2D eigenvalue weighted by atomic mass is 79.9. The number of Topliss-reactive ketones (excluding diaryl/α,β-unsaturated/α-hetero) is 1. The molecule has 2 nitrogen and oxygen atoms in total. The molecule has 0 atom stereocenters. The topological polar surface area (TPSA) is 32.9 Å². The van der Waals surface area contributed by atoms with Gasteiger partial charge < -0.3 is 4.98 Å². The summed E-state index contributed by atoms with van der Waals surface area (Å²) in [6.45, 7) is 0. The largest absolute Gasteiger partial charge is 0.360 e. The molecule has 0 fully saturated rings. The summed E-state index contributed by atoms with van der Waals surface area (Å²) in [5.74, 6) is 0.0863. The Morgan fingerprint density at radius 1 is 1.43 bits per heavy atom. The SMILES string of the molecule is O=C(CBr)c1c[nH]c2cccc(Br)c12. The van der Waals surface area contributed by atoms with E-state index < -0.39 is 0 Å². The van der Waals surface area contributed by atoms with Crippen LogP contribution in [0.5, 0.6) is 0 Å². The Hall–Kier alpha value is -0.610. The van der Waals surface area contributed by atoms with E-state index in [9.17, 15) is 4.79 Å². The van der Waals surface area contributed by atoms with Crippen LogP contribution >= 0.6 is 31.9 Å². The predicted molar refractivity (Wildman–Crippen MR) is 64.1 cm³/mol. The lowest BCUT2D eigenvalue weighted by Crippen LogP contribution is -1.98. The summed E-state index contributed by atoms with van der Waals surface area (Å²) >= 11 is 6.60. The van der Waals surface area contributed by atoms with Gasteiger partial charge in [-0.25, -0.2) is 0 Å². The second-order valence-electron chi connectivity index (χ2n) is 2.92. The third kappa shape index (κ3) is 1.53. The molecule has 0 radical (unpaired) electrons. The summed E-state index contributed by atoms with van der Waals surface area (Å²) in [4.78, 5) is 14.6. The first-order valence-corrected chi connectivity index (χ1v) is 6.00. The molecule has 0 saturated carbocycles. The van der Waals surface area contributed by atoms with Gasteiger partial charge in [-0.3, -0.25) is 4.79 Å². The summed E-state index contributed by atoms with van der Waals surface area (Å²) in [5, 5.41) is 1.30. The van der Waals surface area contributed by atoms with Crippen molar-refractivity contribution < 1.29 is 4.79 Å². The summed E-state index contributed by atoms with van der Waals surface area (Å²) in [7, 11) is 0. The molecule has 0 aliphatic heterocycles. The summed E-state index contributed by atoms with van der Waals surface area (Å²) in [6.07, 6.45) is 1.75. The van der Waals surface area contributed by atoms with E-state index in [1.54, 1.807) is 6.20 Å². The van der Waals surface area contributed by atoms with Crippen LogP contribution in [0.3, 0.4) is 0 Å². The Morgan fingerprint density at radius 3 is 2.93 bits per heavy atom. The van der Waals surface area contributed by atoms with Gasteiger partial charge in [0, 0.05) is 27.1 Å². The molecule has 0 bridgehead atoms. The lowest BCUT2D eigenvalue weighted by Gasteiger charge is -1.97. The van der Waals surface area contributed by atoms with Gasteiger partial charge in [-0.05, 0) is 12.1 Å². The number of carbonyl (C=O) groups excluding carboxylic acids is 1. The molecule has 0 spiro atoms. The van der Waals surface area contributed by atoms with Crippen LogP contribution in [0.1, 0.15) is 10.4 Å². The average molecular weight is 317 g/mol. The van der Waals surface area contributed by atoms with Crippen LogP contribution < -0.4 is 0 Å². The quantitative estimate of drug-likeness (QED) is 0.667. The highest BCUT2D eigenvalue weighted by Crippen LogP contribution is 2.27. The molecule has 2 rings (SSSR count). The van der Waals surface area contributed by atoms with Gasteiger partial charge in [0.15, 0.2) is 5.78 Å². The molecule has 0 unspecified atom stereocenters. The molecular formula is C10H7Br2NO. The molecule has 0 saturated heterocycles. The van der Waals surface area contributed by atoms with Gasteiger partial charge in [-0.15, -0.1) is 0 Å². The number of rotatable bonds is 2. The zero-order chi connectivity index (χ0) is 10.1. The number of aromatic nitrogens is 1. The lowest BCUT2D eigenvalue weighted by molar-refractivity contribution is 0.102. The van der Waals surface area contributed by atoms with E-state index in [0.717, 1.165) is 20.9 Å². The number of carbonyl (C=O) groups is 1. The number of fused-ring (bicyclic) bond motifs is 1. The first-order chi connectivity index (χ1) is 6.74. The Kier molecular flexibility index (Phi) is 2.74. The molecular weight excluding hydrogens is 310 g/mol. The van der Waals surface area contributed by atoms with Gasteiger partial charge in [0.1, 0.15) is 0 Å². The molecule has 72 valence electrons. The first kappa shape index (κ1) is 9.93. The second kappa shape index (κ2) is 3.87. The molecule has 4 heteroatoms. The van der Waals surface area contributed by atoms with Crippen molar-refractivity contribution in [1.82, 2.24) is 4.98 Å².